The molecule has 1 aliphatic heterocycles. The first-order valence-corrected chi connectivity index (χ1v) is 8.82. The Morgan fingerprint density at radius 1 is 1.11 bits per heavy atom. The summed E-state index contributed by atoms with van der Waals surface area (Å²) in [6, 6.07) is 6.24. The third kappa shape index (κ3) is 2.67. The van der Waals surface area contributed by atoms with Crippen LogP contribution in [0.15, 0.2) is 18.2 Å². The molecule has 0 aromatic heterocycles. The van der Waals surface area contributed by atoms with Crippen LogP contribution in [-0.4, -0.2) is 13.1 Å². The van der Waals surface area contributed by atoms with E-state index in [0.29, 0.717) is 5.41 Å². The van der Waals surface area contributed by atoms with Crippen molar-refractivity contribution in [2.45, 2.75) is 43.9 Å². The second-order valence-electron chi connectivity index (χ2n) is 6.08. The molecule has 0 N–H and O–H groups in total. The van der Waals surface area contributed by atoms with Crippen LogP contribution in [0.3, 0.4) is 0 Å². The Labute approximate surface area is 129 Å². The topological polar surface area (TPSA) is 3.24 Å². The van der Waals surface area contributed by atoms with Gasteiger partial charge in [-0.1, -0.05) is 52.5 Å². The summed E-state index contributed by atoms with van der Waals surface area (Å²) in [6.07, 6.45) is 8.49. The number of para-hydroxylation sites is 1. The van der Waals surface area contributed by atoms with Crippen LogP contribution in [0, 0.1) is 5.41 Å². The highest BCUT2D eigenvalue weighted by Crippen LogP contribution is 2.47. The molecule has 0 radical (unpaired) electrons. The minimum atomic E-state index is 0.673. The average Bonchev–Trinajstić information content (AvgIpc) is 2.88. The third-order valence-electron chi connectivity index (χ3n) is 5.02. The monoisotopic (exact) mass is 341 g/mol. The molecule has 104 valence electrons. The third-order valence-corrected chi connectivity index (χ3v) is 5.93. The molecule has 1 heterocycles. The van der Waals surface area contributed by atoms with E-state index in [4.69, 9.17) is 11.6 Å². The first-order chi connectivity index (χ1) is 9.24. The largest absolute Gasteiger partial charge is 0.370 e. The molecule has 1 aromatic carbocycles. The number of hydrogen-bond acceptors (Lipinski definition) is 1. The van der Waals surface area contributed by atoms with Gasteiger partial charge in [0, 0.05) is 18.4 Å². The van der Waals surface area contributed by atoms with Crippen molar-refractivity contribution in [3.8, 4) is 0 Å². The van der Waals surface area contributed by atoms with E-state index in [1.165, 1.54) is 62.9 Å². The summed E-state index contributed by atoms with van der Waals surface area (Å²) in [6.45, 7) is 2.34. The Morgan fingerprint density at radius 3 is 2.42 bits per heavy atom. The van der Waals surface area contributed by atoms with Gasteiger partial charge in [0.25, 0.3) is 0 Å². The number of anilines is 1. The summed E-state index contributed by atoms with van der Waals surface area (Å²) in [5.41, 5.74) is 3.25. The fraction of sp³-hybridized carbons (Fsp3) is 0.625. The molecule has 1 aliphatic carbocycles. The molecular weight excluding hydrogens is 322 g/mol. The lowest BCUT2D eigenvalue weighted by Crippen LogP contribution is -2.39. The van der Waals surface area contributed by atoms with Crippen LogP contribution in [-0.2, 0) is 5.33 Å². The van der Waals surface area contributed by atoms with Crippen LogP contribution in [0.1, 0.15) is 44.1 Å². The first kappa shape index (κ1) is 13.8. The number of hydrogen-bond donors (Lipinski definition) is 0. The normalized spacial score (nSPS) is 22.1. The number of benzene rings is 1. The SMILES string of the molecule is Clc1cccc(CBr)c1N1CCC2(CCCC2)CC1. The fourth-order valence-electron chi connectivity index (χ4n) is 3.85. The van der Waals surface area contributed by atoms with E-state index in [1.54, 1.807) is 0 Å². The van der Waals surface area contributed by atoms with Crippen LogP contribution in [0.2, 0.25) is 5.02 Å². The number of alkyl halides is 1. The highest BCUT2D eigenvalue weighted by Gasteiger charge is 2.37. The molecule has 3 heteroatoms. The zero-order chi connectivity index (χ0) is 13.3. The fourth-order valence-corrected chi connectivity index (χ4v) is 4.62. The summed E-state index contributed by atoms with van der Waals surface area (Å²) >= 11 is 10.0. The molecule has 2 aliphatic rings. The van der Waals surface area contributed by atoms with E-state index in [-0.39, 0.29) is 0 Å². The van der Waals surface area contributed by atoms with E-state index < -0.39 is 0 Å². The summed E-state index contributed by atoms with van der Waals surface area (Å²) in [7, 11) is 0. The minimum Gasteiger partial charge on any atom is -0.370 e. The summed E-state index contributed by atoms with van der Waals surface area (Å²) in [5, 5.41) is 1.78. The van der Waals surface area contributed by atoms with Gasteiger partial charge < -0.3 is 4.90 Å². The molecule has 0 amide bonds. The molecule has 0 atom stereocenters. The first-order valence-electron chi connectivity index (χ1n) is 7.32. The molecule has 0 bridgehead atoms. The van der Waals surface area contributed by atoms with E-state index in [1.807, 2.05) is 12.1 Å². The van der Waals surface area contributed by atoms with Gasteiger partial charge in [-0.3, -0.25) is 0 Å². The summed E-state index contributed by atoms with van der Waals surface area (Å²) < 4.78 is 0. The maximum Gasteiger partial charge on any atom is 0.0642 e. The van der Waals surface area contributed by atoms with Crippen LogP contribution in [0.5, 0.6) is 0 Å². The maximum atomic E-state index is 6.43. The van der Waals surface area contributed by atoms with Crippen molar-refractivity contribution in [3.63, 3.8) is 0 Å². The molecule has 1 saturated carbocycles. The molecule has 3 rings (SSSR count). The Morgan fingerprint density at radius 2 is 1.79 bits per heavy atom. The van der Waals surface area contributed by atoms with Gasteiger partial charge in [0.15, 0.2) is 0 Å². The van der Waals surface area contributed by atoms with Crippen molar-refractivity contribution in [2.75, 3.05) is 18.0 Å². The number of halogens is 2. The average molecular weight is 343 g/mol. The van der Waals surface area contributed by atoms with Gasteiger partial charge in [-0.2, -0.15) is 0 Å². The molecule has 1 aromatic rings. The standard InChI is InChI=1S/C16H21BrClN/c17-12-13-4-3-5-14(18)15(13)19-10-8-16(9-11-19)6-1-2-7-16/h3-5H,1-2,6-12H2. The number of piperidine rings is 1. The number of nitrogens with zero attached hydrogens (tertiary/aromatic N) is 1. The Bertz CT molecular complexity index is 444. The molecule has 1 saturated heterocycles. The van der Waals surface area contributed by atoms with Crippen LogP contribution in [0.25, 0.3) is 0 Å². The minimum absolute atomic E-state index is 0.673. The molecule has 1 nitrogen and oxygen atoms in total. The van der Waals surface area contributed by atoms with Gasteiger partial charge in [0.2, 0.25) is 0 Å². The maximum absolute atomic E-state index is 6.43. The van der Waals surface area contributed by atoms with Gasteiger partial charge in [0.05, 0.1) is 10.7 Å². The van der Waals surface area contributed by atoms with Crippen molar-refractivity contribution >= 4 is 33.2 Å². The van der Waals surface area contributed by atoms with Crippen molar-refractivity contribution in [3.05, 3.63) is 28.8 Å². The quantitative estimate of drug-likeness (QED) is 0.651. The molecule has 1 spiro atoms. The Kier molecular flexibility index (Phi) is 4.09. The van der Waals surface area contributed by atoms with Gasteiger partial charge in [0.1, 0.15) is 0 Å². The Hall–Kier alpha value is -0.210. The smallest absolute Gasteiger partial charge is 0.0642 e. The van der Waals surface area contributed by atoms with Gasteiger partial charge in [-0.05, 0) is 42.7 Å². The van der Waals surface area contributed by atoms with Crippen molar-refractivity contribution < 1.29 is 0 Å². The van der Waals surface area contributed by atoms with E-state index in [9.17, 15) is 0 Å². The van der Waals surface area contributed by atoms with Crippen LogP contribution in [0.4, 0.5) is 5.69 Å². The lowest BCUT2D eigenvalue weighted by molar-refractivity contribution is 0.226. The van der Waals surface area contributed by atoms with E-state index >= 15 is 0 Å². The van der Waals surface area contributed by atoms with Gasteiger partial charge >= 0.3 is 0 Å². The van der Waals surface area contributed by atoms with Crippen LogP contribution < -0.4 is 4.90 Å². The van der Waals surface area contributed by atoms with E-state index in [0.717, 1.165) is 10.4 Å². The van der Waals surface area contributed by atoms with Crippen LogP contribution >= 0.6 is 27.5 Å². The second kappa shape index (κ2) is 5.65. The zero-order valence-corrected chi connectivity index (χ0v) is 13.6. The van der Waals surface area contributed by atoms with Crippen molar-refractivity contribution in [1.82, 2.24) is 0 Å². The van der Waals surface area contributed by atoms with Crippen molar-refractivity contribution in [1.29, 1.82) is 0 Å². The molecule has 19 heavy (non-hydrogen) atoms. The highest BCUT2D eigenvalue weighted by atomic mass is 79.9. The Balaban J connectivity index is 1.78. The molecule has 0 unspecified atom stereocenters. The highest BCUT2D eigenvalue weighted by molar-refractivity contribution is 9.08. The molecular formula is C16H21BrClN. The lowest BCUT2D eigenvalue weighted by Gasteiger charge is -2.41. The van der Waals surface area contributed by atoms with Crippen molar-refractivity contribution in [2.24, 2.45) is 5.41 Å². The van der Waals surface area contributed by atoms with Gasteiger partial charge in [-0.25, -0.2) is 0 Å². The summed E-state index contributed by atoms with van der Waals surface area (Å²) in [5.74, 6) is 0. The summed E-state index contributed by atoms with van der Waals surface area (Å²) in [4.78, 5) is 2.50. The zero-order valence-electron chi connectivity index (χ0n) is 11.3. The molecule has 2 fully saturated rings. The number of rotatable bonds is 2. The predicted molar refractivity (Wildman–Crippen MR) is 86.4 cm³/mol. The van der Waals surface area contributed by atoms with Gasteiger partial charge in [-0.15, -0.1) is 0 Å². The van der Waals surface area contributed by atoms with E-state index in [2.05, 4.69) is 26.9 Å². The predicted octanol–water partition coefficient (Wildman–Crippen LogP) is 5.40. The second-order valence-corrected chi connectivity index (χ2v) is 7.04. The lowest BCUT2D eigenvalue weighted by atomic mass is 9.77.